The lowest BCUT2D eigenvalue weighted by atomic mass is 9.99. The molecule has 2 amide bonds. The zero-order valence-corrected chi connectivity index (χ0v) is 13.4. The Kier molecular flexibility index (Phi) is 6.71. The van der Waals surface area contributed by atoms with Gasteiger partial charge in [-0.15, -0.1) is 0 Å². The molecule has 0 spiro atoms. The van der Waals surface area contributed by atoms with Crippen molar-refractivity contribution in [3.8, 4) is 0 Å². The van der Waals surface area contributed by atoms with Gasteiger partial charge in [-0.2, -0.15) is 0 Å². The van der Waals surface area contributed by atoms with Gasteiger partial charge in [0.25, 0.3) is 0 Å². The van der Waals surface area contributed by atoms with Crippen LogP contribution < -0.4 is 10.6 Å². The van der Waals surface area contributed by atoms with Gasteiger partial charge in [0.2, 0.25) is 0 Å². The average molecular weight is 296 g/mol. The number of urea groups is 1. The van der Waals surface area contributed by atoms with E-state index in [4.69, 9.17) is 0 Å². The van der Waals surface area contributed by atoms with Crippen LogP contribution in [0.2, 0.25) is 0 Å². The van der Waals surface area contributed by atoms with Crippen LogP contribution in [0.3, 0.4) is 0 Å². The van der Waals surface area contributed by atoms with Crippen molar-refractivity contribution in [2.24, 2.45) is 0 Å². The van der Waals surface area contributed by atoms with Crippen LogP contribution in [0.25, 0.3) is 0 Å². The number of carbonyl (C=O) groups is 1. The predicted octanol–water partition coefficient (Wildman–Crippen LogP) is 2.16. The van der Waals surface area contributed by atoms with Crippen LogP contribution >= 0.6 is 0 Å². The number of carbonyl (C=O) groups excluding carboxylic acids is 1. The molecule has 0 saturated carbocycles. The van der Waals surface area contributed by atoms with Gasteiger partial charge < -0.3 is 10.6 Å². The van der Waals surface area contributed by atoms with E-state index in [9.17, 15) is 9.00 Å². The third-order valence-electron chi connectivity index (χ3n) is 3.04. The number of rotatable bonds is 6. The first-order valence-corrected chi connectivity index (χ1v) is 8.52. The molecule has 0 heterocycles. The minimum absolute atomic E-state index is 0.0879. The van der Waals surface area contributed by atoms with Crippen molar-refractivity contribution in [3.63, 3.8) is 0 Å². The largest absolute Gasteiger partial charge is 0.338 e. The third-order valence-corrected chi connectivity index (χ3v) is 4.01. The third kappa shape index (κ3) is 6.19. The fraction of sp³-hybridized carbons (Fsp3) is 0.533. The van der Waals surface area contributed by atoms with E-state index < -0.39 is 10.8 Å². The van der Waals surface area contributed by atoms with E-state index in [1.807, 2.05) is 13.0 Å². The van der Waals surface area contributed by atoms with Gasteiger partial charge in [-0.3, -0.25) is 4.21 Å². The second-order valence-electron chi connectivity index (χ2n) is 5.31. The summed E-state index contributed by atoms with van der Waals surface area (Å²) in [5, 5.41) is 5.64. The molecule has 0 bridgehead atoms. The first kappa shape index (κ1) is 16.7. The SMILES string of the molecule is Cc1cccc([C@H](C)CNC(=O)N[C@H](C)C[S@](C)=O)c1. The molecule has 5 heteroatoms. The van der Waals surface area contributed by atoms with Gasteiger partial charge in [-0.25, -0.2) is 4.79 Å². The summed E-state index contributed by atoms with van der Waals surface area (Å²) in [4.78, 5) is 11.7. The molecule has 0 unspecified atom stereocenters. The highest BCUT2D eigenvalue weighted by Gasteiger charge is 2.11. The van der Waals surface area contributed by atoms with Crippen LogP contribution in [-0.2, 0) is 10.8 Å². The van der Waals surface area contributed by atoms with Crippen molar-refractivity contribution in [2.45, 2.75) is 32.7 Å². The Labute approximate surface area is 123 Å². The van der Waals surface area contributed by atoms with Gasteiger partial charge in [-0.1, -0.05) is 36.8 Å². The number of amides is 2. The average Bonchev–Trinajstić information content (AvgIpc) is 2.34. The van der Waals surface area contributed by atoms with Gasteiger partial charge in [0.1, 0.15) is 0 Å². The minimum atomic E-state index is -0.900. The molecular formula is C15H24N2O2S. The summed E-state index contributed by atoms with van der Waals surface area (Å²) in [5.74, 6) is 0.733. The maximum absolute atomic E-state index is 11.7. The van der Waals surface area contributed by atoms with Gasteiger partial charge in [0.05, 0.1) is 0 Å². The van der Waals surface area contributed by atoms with Gasteiger partial charge >= 0.3 is 6.03 Å². The molecule has 0 aliphatic rings. The highest BCUT2D eigenvalue weighted by atomic mass is 32.2. The van der Waals surface area contributed by atoms with E-state index >= 15 is 0 Å². The van der Waals surface area contributed by atoms with Crippen LogP contribution in [-0.4, -0.2) is 34.8 Å². The molecule has 0 aliphatic heterocycles. The van der Waals surface area contributed by atoms with Crippen LogP contribution in [0.4, 0.5) is 4.79 Å². The maximum atomic E-state index is 11.7. The van der Waals surface area contributed by atoms with Crippen molar-refractivity contribution in [1.82, 2.24) is 10.6 Å². The van der Waals surface area contributed by atoms with E-state index in [0.29, 0.717) is 12.3 Å². The first-order valence-electron chi connectivity index (χ1n) is 6.79. The number of aryl methyl sites for hydroxylation is 1. The lowest BCUT2D eigenvalue weighted by molar-refractivity contribution is 0.238. The Hall–Kier alpha value is -1.36. The van der Waals surface area contributed by atoms with Crippen LogP contribution in [0.1, 0.15) is 30.9 Å². The van der Waals surface area contributed by atoms with Crippen molar-refractivity contribution in [1.29, 1.82) is 0 Å². The summed E-state index contributed by atoms with van der Waals surface area (Å²) in [5.41, 5.74) is 2.44. The Morgan fingerprint density at radius 1 is 1.35 bits per heavy atom. The number of hydrogen-bond acceptors (Lipinski definition) is 2. The summed E-state index contributed by atoms with van der Waals surface area (Å²) in [6.45, 7) is 6.57. The molecule has 1 aromatic rings. The van der Waals surface area contributed by atoms with Crippen molar-refractivity contribution >= 4 is 16.8 Å². The Morgan fingerprint density at radius 2 is 2.05 bits per heavy atom. The molecule has 0 aliphatic carbocycles. The Balaban J connectivity index is 2.39. The normalized spacial score (nSPS) is 15.2. The lowest BCUT2D eigenvalue weighted by Gasteiger charge is -2.16. The van der Waals surface area contributed by atoms with Crippen LogP contribution in [0.15, 0.2) is 24.3 Å². The van der Waals surface area contributed by atoms with Crippen molar-refractivity contribution < 1.29 is 9.00 Å². The van der Waals surface area contributed by atoms with Gasteiger partial charge in [-0.05, 0) is 25.3 Å². The molecule has 4 nitrogen and oxygen atoms in total. The molecule has 1 aromatic carbocycles. The topological polar surface area (TPSA) is 58.2 Å². The summed E-state index contributed by atoms with van der Waals surface area (Å²) in [6.07, 6.45) is 1.63. The van der Waals surface area contributed by atoms with E-state index in [1.54, 1.807) is 6.26 Å². The second kappa shape index (κ2) is 8.04. The number of benzene rings is 1. The lowest BCUT2D eigenvalue weighted by Crippen LogP contribution is -2.43. The summed E-state index contributed by atoms with van der Waals surface area (Å²) >= 11 is 0. The number of nitrogens with one attached hydrogen (secondary N) is 2. The molecule has 112 valence electrons. The Bertz CT molecular complexity index is 477. The smallest absolute Gasteiger partial charge is 0.315 e. The molecular weight excluding hydrogens is 272 g/mol. The first-order chi connectivity index (χ1) is 9.38. The fourth-order valence-corrected chi connectivity index (χ4v) is 2.80. The zero-order valence-electron chi connectivity index (χ0n) is 12.6. The molecule has 0 radical (unpaired) electrons. The van der Waals surface area contributed by atoms with Crippen LogP contribution in [0, 0.1) is 6.92 Å². The van der Waals surface area contributed by atoms with Gasteiger partial charge in [0.15, 0.2) is 0 Å². The number of hydrogen-bond donors (Lipinski definition) is 2. The van der Waals surface area contributed by atoms with E-state index in [0.717, 1.165) is 0 Å². The minimum Gasteiger partial charge on any atom is -0.338 e. The van der Waals surface area contributed by atoms with E-state index in [2.05, 4.69) is 42.7 Å². The predicted molar refractivity (Wildman–Crippen MR) is 84.5 cm³/mol. The van der Waals surface area contributed by atoms with E-state index in [1.165, 1.54) is 11.1 Å². The maximum Gasteiger partial charge on any atom is 0.315 e. The zero-order chi connectivity index (χ0) is 15.1. The summed E-state index contributed by atoms with van der Waals surface area (Å²) in [6, 6.07) is 7.99. The summed E-state index contributed by atoms with van der Waals surface area (Å²) in [7, 11) is -0.900. The van der Waals surface area contributed by atoms with Gasteiger partial charge in [0, 0.05) is 35.4 Å². The molecule has 0 saturated heterocycles. The molecule has 1 rings (SSSR count). The Morgan fingerprint density at radius 3 is 2.65 bits per heavy atom. The molecule has 0 aromatic heterocycles. The molecule has 3 atom stereocenters. The molecule has 2 N–H and O–H groups in total. The molecule has 20 heavy (non-hydrogen) atoms. The molecule has 0 fully saturated rings. The highest BCUT2D eigenvalue weighted by Crippen LogP contribution is 2.15. The highest BCUT2D eigenvalue weighted by molar-refractivity contribution is 7.84. The summed E-state index contributed by atoms with van der Waals surface area (Å²) < 4.78 is 11.1. The van der Waals surface area contributed by atoms with Crippen molar-refractivity contribution in [2.75, 3.05) is 18.6 Å². The monoisotopic (exact) mass is 296 g/mol. The second-order valence-corrected chi connectivity index (χ2v) is 6.79. The van der Waals surface area contributed by atoms with Crippen LogP contribution in [0.5, 0.6) is 0 Å². The quantitative estimate of drug-likeness (QED) is 0.845. The standard InChI is InChI=1S/C15H24N2O2S/c1-11-6-5-7-14(8-11)12(2)9-16-15(18)17-13(3)10-20(4)19/h5-8,12-13H,9-10H2,1-4H3,(H2,16,17,18)/t12-,13-,20+/m1/s1. The van der Waals surface area contributed by atoms with Crippen molar-refractivity contribution in [3.05, 3.63) is 35.4 Å². The van der Waals surface area contributed by atoms with E-state index in [-0.39, 0.29) is 18.0 Å². The fourth-order valence-electron chi connectivity index (χ4n) is 2.01.